The van der Waals surface area contributed by atoms with Gasteiger partial charge in [-0.25, -0.2) is 4.98 Å². The van der Waals surface area contributed by atoms with Crippen LogP contribution in [0.4, 0.5) is 17.2 Å². The van der Waals surface area contributed by atoms with E-state index >= 15 is 0 Å². The van der Waals surface area contributed by atoms with Crippen molar-refractivity contribution in [1.29, 1.82) is 0 Å². The number of anilines is 2. The molecular formula is C23H31N5O4. The lowest BCUT2D eigenvalue weighted by atomic mass is 9.90. The van der Waals surface area contributed by atoms with E-state index in [1.165, 1.54) is 12.3 Å². The van der Waals surface area contributed by atoms with E-state index in [2.05, 4.69) is 41.3 Å². The van der Waals surface area contributed by atoms with Crippen LogP contribution >= 0.6 is 0 Å². The fourth-order valence-electron chi connectivity index (χ4n) is 3.88. The fraction of sp³-hybridized carbons (Fsp3) is 0.478. The number of carbonyl (C=O) groups is 1. The maximum atomic E-state index is 12.5. The number of benzene rings is 1. The van der Waals surface area contributed by atoms with Crippen LogP contribution < -0.4 is 15.4 Å². The molecule has 1 aliphatic heterocycles. The second-order valence-electron chi connectivity index (χ2n) is 9.02. The lowest BCUT2D eigenvalue weighted by Gasteiger charge is -2.40. The number of nitrogens with zero attached hydrogens (tertiary/aromatic N) is 3. The topological polar surface area (TPSA) is 110 Å². The minimum atomic E-state index is -0.469. The molecule has 9 nitrogen and oxygen atoms in total. The molecule has 0 unspecified atom stereocenters. The monoisotopic (exact) mass is 441 g/mol. The summed E-state index contributed by atoms with van der Waals surface area (Å²) in [6.07, 6.45) is 4.00. The largest absolute Gasteiger partial charge is 0.457 e. The zero-order valence-electron chi connectivity index (χ0n) is 19.1. The number of carbonyl (C=O) groups excluding carboxylic acids is 1. The van der Waals surface area contributed by atoms with Crippen molar-refractivity contribution in [3.63, 3.8) is 0 Å². The first-order valence-corrected chi connectivity index (χ1v) is 10.8. The van der Waals surface area contributed by atoms with Crippen LogP contribution in [-0.4, -0.2) is 46.4 Å². The molecule has 1 aromatic carbocycles. The van der Waals surface area contributed by atoms with Gasteiger partial charge in [-0.15, -0.1) is 0 Å². The number of pyridine rings is 1. The number of amides is 1. The highest BCUT2D eigenvalue weighted by atomic mass is 16.6. The van der Waals surface area contributed by atoms with E-state index in [0.29, 0.717) is 35.3 Å². The molecule has 32 heavy (non-hydrogen) atoms. The molecule has 0 atom stereocenters. The minimum absolute atomic E-state index is 0.0714. The van der Waals surface area contributed by atoms with E-state index < -0.39 is 4.92 Å². The number of hydrogen-bond acceptors (Lipinski definition) is 7. The molecule has 0 aliphatic carbocycles. The Morgan fingerprint density at radius 3 is 2.53 bits per heavy atom. The number of nitro groups is 1. The molecule has 1 saturated heterocycles. The predicted octanol–water partition coefficient (Wildman–Crippen LogP) is 4.66. The maximum Gasteiger partial charge on any atom is 0.296 e. The molecule has 9 heteroatoms. The summed E-state index contributed by atoms with van der Waals surface area (Å²) in [7, 11) is 1.62. The van der Waals surface area contributed by atoms with E-state index in [4.69, 9.17) is 4.74 Å². The summed E-state index contributed by atoms with van der Waals surface area (Å²) >= 11 is 0. The summed E-state index contributed by atoms with van der Waals surface area (Å²) in [6.45, 7) is 8.65. The van der Waals surface area contributed by atoms with Gasteiger partial charge in [-0.3, -0.25) is 19.8 Å². The van der Waals surface area contributed by atoms with Crippen molar-refractivity contribution >= 4 is 23.1 Å². The molecule has 3 rings (SSSR count). The average molecular weight is 442 g/mol. The van der Waals surface area contributed by atoms with Crippen molar-refractivity contribution in [3.8, 4) is 11.5 Å². The molecule has 1 amide bonds. The molecule has 172 valence electrons. The Hall–Kier alpha value is -3.20. The second-order valence-corrected chi connectivity index (χ2v) is 9.02. The summed E-state index contributed by atoms with van der Waals surface area (Å²) in [5.41, 5.74) is 0.481. The maximum absolute atomic E-state index is 12.5. The number of nitro benzene ring substituents is 1. The summed E-state index contributed by atoms with van der Waals surface area (Å²) < 4.78 is 5.76. The number of ether oxygens (including phenoxy) is 1. The number of piperidine rings is 1. The quantitative estimate of drug-likeness (QED) is 0.475. The highest BCUT2D eigenvalue weighted by Gasteiger charge is 2.28. The molecule has 1 aromatic heterocycles. The molecule has 0 spiro atoms. The van der Waals surface area contributed by atoms with Crippen LogP contribution in [0.25, 0.3) is 0 Å². The smallest absolute Gasteiger partial charge is 0.296 e. The Labute approximate surface area is 188 Å². The van der Waals surface area contributed by atoms with Gasteiger partial charge in [0.25, 0.3) is 5.69 Å². The molecule has 2 N–H and O–H groups in total. The molecule has 2 aromatic rings. The van der Waals surface area contributed by atoms with Gasteiger partial charge in [0.2, 0.25) is 5.91 Å². The number of rotatable bonds is 7. The Morgan fingerprint density at radius 1 is 1.22 bits per heavy atom. The van der Waals surface area contributed by atoms with E-state index in [1.54, 1.807) is 31.3 Å². The Balaban J connectivity index is 1.58. The minimum Gasteiger partial charge on any atom is -0.457 e. The third kappa shape index (κ3) is 6.16. The van der Waals surface area contributed by atoms with Gasteiger partial charge in [0, 0.05) is 31.3 Å². The van der Waals surface area contributed by atoms with Gasteiger partial charge in [-0.1, -0.05) is 0 Å². The van der Waals surface area contributed by atoms with Gasteiger partial charge in [-0.05, 0) is 70.8 Å². The number of hydrogen-bond donors (Lipinski definition) is 2. The highest BCUT2D eigenvalue weighted by molar-refractivity contribution is 5.90. The van der Waals surface area contributed by atoms with Crippen LogP contribution in [0.3, 0.4) is 0 Å². The van der Waals surface area contributed by atoms with Crippen molar-refractivity contribution in [2.24, 2.45) is 5.92 Å². The zero-order chi connectivity index (χ0) is 23.3. The van der Waals surface area contributed by atoms with Crippen LogP contribution in [0.5, 0.6) is 11.5 Å². The second kappa shape index (κ2) is 9.95. The van der Waals surface area contributed by atoms with Crippen LogP contribution in [0.2, 0.25) is 0 Å². The van der Waals surface area contributed by atoms with E-state index in [-0.39, 0.29) is 17.1 Å². The lowest BCUT2D eigenvalue weighted by molar-refractivity contribution is -0.384. The van der Waals surface area contributed by atoms with Crippen molar-refractivity contribution in [2.45, 2.75) is 45.6 Å². The Bertz CT molecular complexity index is 965. The van der Waals surface area contributed by atoms with Crippen LogP contribution in [0, 0.1) is 16.0 Å². The zero-order valence-corrected chi connectivity index (χ0v) is 19.1. The lowest BCUT2D eigenvalue weighted by Crippen LogP contribution is -2.46. The van der Waals surface area contributed by atoms with Gasteiger partial charge in [-0.2, -0.15) is 0 Å². The van der Waals surface area contributed by atoms with Gasteiger partial charge in [0.05, 0.1) is 11.0 Å². The molecular weight excluding hydrogens is 410 g/mol. The Kier molecular flexibility index (Phi) is 7.29. The summed E-state index contributed by atoms with van der Waals surface area (Å²) in [6, 6.07) is 7.83. The third-order valence-electron chi connectivity index (χ3n) is 5.71. The number of nitrogens with one attached hydrogen (secondary N) is 2. The highest BCUT2D eigenvalue weighted by Crippen LogP contribution is 2.32. The first kappa shape index (κ1) is 23.5. The first-order chi connectivity index (χ1) is 15.2. The van der Waals surface area contributed by atoms with E-state index in [9.17, 15) is 14.9 Å². The standard InChI is InChI=1S/C23H31N5O4/c1-23(2,3)27-11-8-16(9-12-27)13-22(29)26-21-15-18(7-10-25-21)32-17-5-6-19(24-4)20(14-17)28(30)31/h5-7,10,14-16,24H,8-9,11-13H2,1-4H3,(H,25,26,29). The fourth-order valence-corrected chi connectivity index (χ4v) is 3.88. The molecule has 1 fully saturated rings. The van der Waals surface area contributed by atoms with Gasteiger partial charge < -0.3 is 15.4 Å². The first-order valence-electron chi connectivity index (χ1n) is 10.8. The molecule has 2 heterocycles. The van der Waals surface area contributed by atoms with E-state index in [1.807, 2.05) is 0 Å². The van der Waals surface area contributed by atoms with Gasteiger partial charge in [0.1, 0.15) is 23.0 Å². The summed E-state index contributed by atoms with van der Waals surface area (Å²) in [5, 5.41) is 16.9. The molecule has 1 aliphatic rings. The number of likely N-dealkylation sites (tertiary alicyclic amines) is 1. The SMILES string of the molecule is CNc1ccc(Oc2ccnc(NC(=O)CC3CCN(C(C)(C)C)CC3)c2)cc1[N+](=O)[O-]. The van der Waals surface area contributed by atoms with Crippen LogP contribution in [0.15, 0.2) is 36.5 Å². The summed E-state index contributed by atoms with van der Waals surface area (Å²) in [4.78, 5) is 30.0. The van der Waals surface area contributed by atoms with Gasteiger partial charge in [0.15, 0.2) is 0 Å². The molecule has 0 bridgehead atoms. The van der Waals surface area contributed by atoms with Gasteiger partial charge >= 0.3 is 0 Å². The van der Waals surface area contributed by atoms with Crippen molar-refractivity contribution < 1.29 is 14.5 Å². The normalized spacial score (nSPS) is 15.2. The van der Waals surface area contributed by atoms with E-state index in [0.717, 1.165) is 25.9 Å². The number of aromatic nitrogens is 1. The third-order valence-corrected chi connectivity index (χ3v) is 5.71. The van der Waals surface area contributed by atoms with Crippen molar-refractivity contribution in [2.75, 3.05) is 30.8 Å². The molecule has 0 radical (unpaired) electrons. The van der Waals surface area contributed by atoms with Crippen molar-refractivity contribution in [3.05, 3.63) is 46.6 Å². The summed E-state index contributed by atoms with van der Waals surface area (Å²) in [5.74, 6) is 1.43. The average Bonchev–Trinajstić information content (AvgIpc) is 2.73. The van der Waals surface area contributed by atoms with Crippen LogP contribution in [0.1, 0.15) is 40.0 Å². The molecule has 0 saturated carbocycles. The Morgan fingerprint density at radius 2 is 1.91 bits per heavy atom. The van der Waals surface area contributed by atoms with Crippen LogP contribution in [-0.2, 0) is 4.79 Å². The van der Waals surface area contributed by atoms with Crippen molar-refractivity contribution in [1.82, 2.24) is 9.88 Å². The predicted molar refractivity (Wildman–Crippen MR) is 124 cm³/mol.